The van der Waals surface area contributed by atoms with Gasteiger partial charge in [0, 0.05) is 18.6 Å². The van der Waals surface area contributed by atoms with E-state index in [9.17, 15) is 9.59 Å². The van der Waals surface area contributed by atoms with Crippen LogP contribution in [0.1, 0.15) is 0 Å². The van der Waals surface area contributed by atoms with Crippen LogP contribution in [-0.4, -0.2) is 26.8 Å². The number of nitrogens with one attached hydrogen (secondary N) is 2. The molecule has 7 heteroatoms. The number of amides is 2. The maximum Gasteiger partial charge on any atom is 0.316 e. The third-order valence-electron chi connectivity index (χ3n) is 1.92. The molecule has 0 aliphatic carbocycles. The van der Waals surface area contributed by atoms with Crippen molar-refractivity contribution in [3.8, 4) is 0 Å². The van der Waals surface area contributed by atoms with Crippen LogP contribution in [-0.2, 0) is 9.59 Å². The Kier molecular flexibility index (Phi) is 3.55. The molecule has 0 atom stereocenters. The second-order valence-corrected chi connectivity index (χ2v) is 3.22. The summed E-state index contributed by atoms with van der Waals surface area (Å²) in [7, 11) is 0. The van der Waals surface area contributed by atoms with Gasteiger partial charge in [-0.25, -0.2) is 9.97 Å². The fourth-order valence-electron chi connectivity index (χ4n) is 1.15. The van der Waals surface area contributed by atoms with Gasteiger partial charge >= 0.3 is 11.8 Å². The van der Waals surface area contributed by atoms with E-state index in [1.165, 1.54) is 18.6 Å². The molecule has 2 heterocycles. The molecule has 2 aromatic rings. The number of nitrogens with zero attached hydrogens (tertiary/aromatic N) is 3. The van der Waals surface area contributed by atoms with Crippen LogP contribution in [0.4, 0.5) is 11.6 Å². The molecule has 0 bridgehead atoms. The molecule has 2 amide bonds. The highest BCUT2D eigenvalue weighted by molar-refractivity contribution is 6.43. The molecule has 2 N–H and O–H groups in total. The highest BCUT2D eigenvalue weighted by atomic mass is 16.2. The Bertz CT molecular complexity index is 492. The second kappa shape index (κ2) is 5.48. The van der Waals surface area contributed by atoms with Gasteiger partial charge in [-0.15, -0.1) is 0 Å². The summed E-state index contributed by atoms with van der Waals surface area (Å²) >= 11 is 0. The van der Waals surface area contributed by atoms with Gasteiger partial charge in [-0.1, -0.05) is 0 Å². The van der Waals surface area contributed by atoms with E-state index in [-0.39, 0.29) is 5.95 Å². The average Bonchev–Trinajstić information content (AvgIpc) is 2.41. The van der Waals surface area contributed by atoms with Gasteiger partial charge in [0.25, 0.3) is 0 Å². The van der Waals surface area contributed by atoms with Crippen molar-refractivity contribution in [2.24, 2.45) is 0 Å². The summed E-state index contributed by atoms with van der Waals surface area (Å²) in [5.41, 5.74) is 0.437. The Labute approximate surface area is 102 Å². The maximum atomic E-state index is 11.5. The molecule has 0 saturated heterocycles. The zero-order chi connectivity index (χ0) is 12.8. The van der Waals surface area contributed by atoms with Crippen LogP contribution in [0.15, 0.2) is 43.0 Å². The van der Waals surface area contributed by atoms with Gasteiger partial charge < -0.3 is 5.32 Å². The molecule has 0 aliphatic rings. The summed E-state index contributed by atoms with van der Waals surface area (Å²) in [6.07, 6.45) is 5.92. The van der Waals surface area contributed by atoms with Crippen LogP contribution in [0.2, 0.25) is 0 Å². The number of carbonyl (C=O) groups excluding carboxylic acids is 2. The van der Waals surface area contributed by atoms with Crippen molar-refractivity contribution in [2.75, 3.05) is 10.6 Å². The summed E-state index contributed by atoms with van der Waals surface area (Å²) in [5, 5.41) is 4.66. The summed E-state index contributed by atoms with van der Waals surface area (Å²) in [6, 6.07) is 4.87. The molecule has 0 unspecified atom stereocenters. The number of aromatic nitrogens is 3. The smallest absolute Gasteiger partial charge is 0.316 e. The van der Waals surface area contributed by atoms with Crippen molar-refractivity contribution in [1.82, 2.24) is 15.0 Å². The van der Waals surface area contributed by atoms with Gasteiger partial charge in [-0.2, -0.15) is 0 Å². The third kappa shape index (κ3) is 3.08. The number of pyridine rings is 1. The number of anilines is 2. The lowest BCUT2D eigenvalue weighted by atomic mass is 10.4. The fraction of sp³-hybridized carbons (Fsp3) is 0. The Morgan fingerprint density at radius 2 is 1.67 bits per heavy atom. The maximum absolute atomic E-state index is 11.5. The highest BCUT2D eigenvalue weighted by Crippen LogP contribution is 2.02. The number of carbonyl (C=O) groups is 2. The van der Waals surface area contributed by atoms with Crippen molar-refractivity contribution in [3.63, 3.8) is 0 Å². The zero-order valence-electron chi connectivity index (χ0n) is 9.20. The molecule has 0 fully saturated rings. The molecule has 2 rings (SSSR count). The van der Waals surface area contributed by atoms with Gasteiger partial charge in [-0.05, 0) is 18.2 Å². The lowest BCUT2D eigenvalue weighted by Gasteiger charge is -2.04. The molecule has 90 valence electrons. The summed E-state index contributed by atoms with van der Waals surface area (Å²) < 4.78 is 0. The van der Waals surface area contributed by atoms with E-state index in [0.29, 0.717) is 5.69 Å². The molecule has 0 aromatic carbocycles. The largest absolute Gasteiger partial charge is 0.316 e. The van der Waals surface area contributed by atoms with Crippen LogP contribution in [0.3, 0.4) is 0 Å². The average molecular weight is 243 g/mol. The van der Waals surface area contributed by atoms with E-state index in [1.54, 1.807) is 24.4 Å². The van der Waals surface area contributed by atoms with Crippen LogP contribution in [0.25, 0.3) is 0 Å². The highest BCUT2D eigenvalue weighted by Gasteiger charge is 2.14. The molecular formula is C11H9N5O2. The van der Waals surface area contributed by atoms with E-state index in [4.69, 9.17) is 0 Å². The van der Waals surface area contributed by atoms with Gasteiger partial charge in [0.05, 0.1) is 11.9 Å². The van der Waals surface area contributed by atoms with Crippen LogP contribution < -0.4 is 10.6 Å². The quantitative estimate of drug-likeness (QED) is 0.746. The van der Waals surface area contributed by atoms with E-state index in [1.807, 2.05) is 0 Å². The SMILES string of the molecule is O=C(Nc1cccnc1)C(=O)Nc1ncccn1. The van der Waals surface area contributed by atoms with E-state index in [0.717, 1.165) is 0 Å². The van der Waals surface area contributed by atoms with E-state index in [2.05, 4.69) is 25.6 Å². The van der Waals surface area contributed by atoms with Crippen molar-refractivity contribution < 1.29 is 9.59 Å². The lowest BCUT2D eigenvalue weighted by Crippen LogP contribution is -2.29. The van der Waals surface area contributed by atoms with Crippen molar-refractivity contribution in [3.05, 3.63) is 43.0 Å². The standard InChI is InChI=1S/C11H9N5O2/c17-9(15-8-3-1-4-12-7-8)10(18)16-11-13-5-2-6-14-11/h1-7H,(H,15,17)(H,13,14,16,18). The predicted molar refractivity (Wildman–Crippen MR) is 63.5 cm³/mol. The number of hydrogen-bond acceptors (Lipinski definition) is 5. The van der Waals surface area contributed by atoms with Crippen LogP contribution in [0.5, 0.6) is 0 Å². The van der Waals surface area contributed by atoms with Gasteiger partial charge in [0.1, 0.15) is 0 Å². The third-order valence-corrected chi connectivity index (χ3v) is 1.92. The Morgan fingerprint density at radius 3 is 2.33 bits per heavy atom. The molecule has 18 heavy (non-hydrogen) atoms. The number of hydrogen-bond donors (Lipinski definition) is 2. The van der Waals surface area contributed by atoms with Crippen LogP contribution in [0, 0.1) is 0 Å². The van der Waals surface area contributed by atoms with Gasteiger partial charge in [0.2, 0.25) is 5.95 Å². The predicted octanol–water partition coefficient (Wildman–Crippen LogP) is 0.449. The van der Waals surface area contributed by atoms with Crippen molar-refractivity contribution in [2.45, 2.75) is 0 Å². The molecule has 0 spiro atoms. The minimum atomic E-state index is -0.843. The fourth-order valence-corrected chi connectivity index (χ4v) is 1.15. The molecular weight excluding hydrogens is 234 g/mol. The molecule has 2 aromatic heterocycles. The Hall–Kier alpha value is -2.83. The normalized spacial score (nSPS) is 9.56. The monoisotopic (exact) mass is 243 g/mol. The zero-order valence-corrected chi connectivity index (χ0v) is 9.20. The minimum Gasteiger partial charge on any atom is -0.316 e. The Morgan fingerprint density at radius 1 is 0.944 bits per heavy atom. The topological polar surface area (TPSA) is 96.9 Å². The molecule has 0 saturated carbocycles. The first kappa shape index (κ1) is 11.6. The molecule has 7 nitrogen and oxygen atoms in total. The number of rotatable bonds is 2. The first-order valence-corrected chi connectivity index (χ1v) is 5.05. The molecule has 0 radical (unpaired) electrons. The summed E-state index contributed by atoms with van der Waals surface area (Å²) in [6.45, 7) is 0. The Balaban J connectivity index is 1.96. The van der Waals surface area contributed by atoms with E-state index >= 15 is 0 Å². The van der Waals surface area contributed by atoms with Crippen LogP contribution >= 0.6 is 0 Å². The van der Waals surface area contributed by atoms with Crippen molar-refractivity contribution >= 4 is 23.5 Å². The first-order valence-electron chi connectivity index (χ1n) is 5.05. The van der Waals surface area contributed by atoms with Gasteiger partial charge in [-0.3, -0.25) is 19.9 Å². The van der Waals surface area contributed by atoms with Crippen molar-refractivity contribution in [1.29, 1.82) is 0 Å². The summed E-state index contributed by atoms with van der Waals surface area (Å²) in [5.74, 6) is -1.58. The van der Waals surface area contributed by atoms with E-state index < -0.39 is 11.8 Å². The minimum absolute atomic E-state index is 0.0730. The molecule has 0 aliphatic heterocycles. The van der Waals surface area contributed by atoms with Gasteiger partial charge in [0.15, 0.2) is 0 Å². The second-order valence-electron chi connectivity index (χ2n) is 3.22. The summed E-state index contributed by atoms with van der Waals surface area (Å²) in [4.78, 5) is 34.4. The first-order chi connectivity index (χ1) is 8.75. The lowest BCUT2D eigenvalue weighted by molar-refractivity contribution is -0.133.